The molecule has 1 aliphatic rings. The maximum Gasteiger partial charge on any atom is 0.419 e. The van der Waals surface area contributed by atoms with E-state index in [9.17, 15) is 13.2 Å². The lowest BCUT2D eigenvalue weighted by atomic mass is 9.96. The van der Waals surface area contributed by atoms with Crippen molar-refractivity contribution in [2.24, 2.45) is 18.7 Å². The van der Waals surface area contributed by atoms with Gasteiger partial charge < -0.3 is 10.2 Å². The fourth-order valence-corrected chi connectivity index (χ4v) is 4.71. The van der Waals surface area contributed by atoms with Gasteiger partial charge in [0.05, 0.1) is 10.4 Å². The first-order valence-electron chi connectivity index (χ1n) is 7.73. The van der Waals surface area contributed by atoms with Crippen LogP contribution in [0.3, 0.4) is 0 Å². The number of nitrogens with two attached hydrogens (primary N) is 1. The van der Waals surface area contributed by atoms with Crippen molar-refractivity contribution in [3.05, 3.63) is 28.7 Å². The number of piperidine rings is 1. The van der Waals surface area contributed by atoms with Crippen LogP contribution in [-0.4, -0.2) is 36.9 Å². The first-order valence-corrected chi connectivity index (χ1v) is 9.17. The SMILES string of the molecule is Cl.Cn1c(=O)oc2cc(S(=O)(=O)N3CCCC(CCN)C3)ccc21. The highest BCUT2D eigenvalue weighted by Gasteiger charge is 2.30. The highest BCUT2D eigenvalue weighted by molar-refractivity contribution is 7.89. The summed E-state index contributed by atoms with van der Waals surface area (Å²) in [6.45, 7) is 1.58. The zero-order chi connectivity index (χ0) is 16.6. The zero-order valence-electron chi connectivity index (χ0n) is 13.5. The van der Waals surface area contributed by atoms with E-state index in [2.05, 4.69) is 0 Å². The molecular formula is C15H22ClN3O4S. The van der Waals surface area contributed by atoms with Gasteiger partial charge in [-0.3, -0.25) is 4.57 Å². The Hall–Kier alpha value is -1.35. The fourth-order valence-electron chi connectivity index (χ4n) is 3.14. The number of rotatable bonds is 4. The van der Waals surface area contributed by atoms with Crippen molar-refractivity contribution >= 4 is 33.5 Å². The average molecular weight is 376 g/mol. The van der Waals surface area contributed by atoms with E-state index in [0.717, 1.165) is 19.3 Å². The molecule has 1 aromatic carbocycles. The summed E-state index contributed by atoms with van der Waals surface area (Å²) in [4.78, 5) is 11.7. The zero-order valence-corrected chi connectivity index (χ0v) is 15.1. The van der Waals surface area contributed by atoms with Crippen molar-refractivity contribution in [3.8, 4) is 0 Å². The highest BCUT2D eigenvalue weighted by atomic mass is 35.5. The first kappa shape index (κ1) is 19.0. The van der Waals surface area contributed by atoms with Crippen LogP contribution in [0.15, 0.2) is 32.3 Å². The van der Waals surface area contributed by atoms with Gasteiger partial charge in [-0.25, -0.2) is 13.2 Å². The van der Waals surface area contributed by atoms with Crippen LogP contribution in [0.1, 0.15) is 19.3 Å². The molecule has 3 rings (SSSR count). The molecule has 0 spiro atoms. The number of hydrogen-bond acceptors (Lipinski definition) is 5. The molecule has 1 aliphatic heterocycles. The molecule has 7 nitrogen and oxygen atoms in total. The van der Waals surface area contributed by atoms with Crippen LogP contribution in [0.4, 0.5) is 0 Å². The molecule has 24 heavy (non-hydrogen) atoms. The molecule has 2 N–H and O–H groups in total. The molecule has 0 radical (unpaired) electrons. The second kappa shape index (κ2) is 7.26. The molecule has 134 valence electrons. The number of nitrogens with zero attached hydrogens (tertiary/aromatic N) is 2. The Bertz CT molecular complexity index is 872. The standard InChI is InChI=1S/C15H21N3O4S.ClH/c1-17-13-5-4-12(9-14(13)22-15(17)19)23(20,21)18-8-2-3-11(10-18)6-7-16;/h4-5,9,11H,2-3,6-8,10,16H2,1H3;1H. The number of halogens is 1. The predicted molar refractivity (Wildman–Crippen MR) is 93.9 cm³/mol. The summed E-state index contributed by atoms with van der Waals surface area (Å²) >= 11 is 0. The molecule has 0 saturated carbocycles. The van der Waals surface area contributed by atoms with Crippen molar-refractivity contribution in [3.63, 3.8) is 0 Å². The molecule has 2 heterocycles. The van der Waals surface area contributed by atoms with Crippen molar-refractivity contribution in [1.82, 2.24) is 8.87 Å². The third kappa shape index (κ3) is 3.37. The summed E-state index contributed by atoms with van der Waals surface area (Å²) in [6.07, 6.45) is 2.68. The minimum Gasteiger partial charge on any atom is -0.408 e. The Morgan fingerprint density at radius 2 is 2.12 bits per heavy atom. The molecule has 0 aliphatic carbocycles. The molecule has 1 fully saturated rings. The first-order chi connectivity index (χ1) is 10.9. The smallest absolute Gasteiger partial charge is 0.408 e. The summed E-state index contributed by atoms with van der Waals surface area (Å²) in [5, 5.41) is 0. The van der Waals surface area contributed by atoms with Crippen LogP contribution >= 0.6 is 12.4 Å². The molecule has 9 heteroatoms. The number of benzene rings is 1. The van der Waals surface area contributed by atoms with Crippen molar-refractivity contribution in [2.75, 3.05) is 19.6 Å². The van der Waals surface area contributed by atoms with Crippen LogP contribution in [0.2, 0.25) is 0 Å². The summed E-state index contributed by atoms with van der Waals surface area (Å²) in [6, 6.07) is 4.56. The van der Waals surface area contributed by atoms with Gasteiger partial charge in [0.15, 0.2) is 5.58 Å². The predicted octanol–water partition coefficient (Wildman–Crippen LogP) is 1.30. The summed E-state index contributed by atoms with van der Waals surface area (Å²) in [5.41, 5.74) is 6.46. The topological polar surface area (TPSA) is 98.5 Å². The Morgan fingerprint density at radius 3 is 2.83 bits per heavy atom. The third-order valence-electron chi connectivity index (χ3n) is 4.46. The number of aryl methyl sites for hydroxylation is 1. The Kier molecular flexibility index (Phi) is 5.74. The van der Waals surface area contributed by atoms with Gasteiger partial charge in [-0.1, -0.05) is 0 Å². The molecule has 2 aromatic rings. The second-order valence-corrected chi connectivity index (χ2v) is 7.94. The van der Waals surface area contributed by atoms with Crippen LogP contribution in [0, 0.1) is 5.92 Å². The van der Waals surface area contributed by atoms with E-state index in [1.807, 2.05) is 0 Å². The monoisotopic (exact) mass is 375 g/mol. The second-order valence-electron chi connectivity index (χ2n) is 6.01. The van der Waals surface area contributed by atoms with Crippen LogP contribution in [-0.2, 0) is 17.1 Å². The van der Waals surface area contributed by atoms with Crippen molar-refractivity contribution in [2.45, 2.75) is 24.2 Å². The van der Waals surface area contributed by atoms with Crippen LogP contribution in [0.25, 0.3) is 11.1 Å². The summed E-state index contributed by atoms with van der Waals surface area (Å²) in [5.74, 6) is -0.197. The molecule has 1 saturated heterocycles. The number of fused-ring (bicyclic) bond motifs is 1. The Morgan fingerprint density at radius 1 is 1.38 bits per heavy atom. The molecule has 1 unspecified atom stereocenters. The van der Waals surface area contributed by atoms with E-state index in [4.69, 9.17) is 10.2 Å². The van der Waals surface area contributed by atoms with Gasteiger partial charge in [-0.2, -0.15) is 4.31 Å². The third-order valence-corrected chi connectivity index (χ3v) is 6.32. The van der Waals surface area contributed by atoms with Gasteiger partial charge in [0.25, 0.3) is 0 Å². The number of aromatic nitrogens is 1. The molecule has 0 bridgehead atoms. The van der Waals surface area contributed by atoms with E-state index in [-0.39, 0.29) is 22.9 Å². The van der Waals surface area contributed by atoms with Gasteiger partial charge in [0, 0.05) is 26.2 Å². The van der Waals surface area contributed by atoms with E-state index >= 15 is 0 Å². The normalized spacial score (nSPS) is 19.3. The lowest BCUT2D eigenvalue weighted by molar-refractivity contribution is 0.258. The van der Waals surface area contributed by atoms with Gasteiger partial charge >= 0.3 is 5.76 Å². The molecule has 0 amide bonds. The number of sulfonamides is 1. The lowest BCUT2D eigenvalue weighted by Gasteiger charge is -2.31. The summed E-state index contributed by atoms with van der Waals surface area (Å²) < 4.78 is 33.6. The van der Waals surface area contributed by atoms with E-state index in [1.54, 1.807) is 13.1 Å². The largest absolute Gasteiger partial charge is 0.419 e. The number of hydrogen-bond donors (Lipinski definition) is 1. The van der Waals surface area contributed by atoms with Gasteiger partial charge in [-0.15, -0.1) is 12.4 Å². The Balaban J connectivity index is 0.00000208. The van der Waals surface area contributed by atoms with E-state index < -0.39 is 15.8 Å². The van der Waals surface area contributed by atoms with Crippen LogP contribution < -0.4 is 11.5 Å². The van der Waals surface area contributed by atoms with Gasteiger partial charge in [0.2, 0.25) is 10.0 Å². The quantitative estimate of drug-likeness (QED) is 0.868. The fraction of sp³-hybridized carbons (Fsp3) is 0.533. The van der Waals surface area contributed by atoms with Gasteiger partial charge in [-0.05, 0) is 43.9 Å². The van der Waals surface area contributed by atoms with Crippen molar-refractivity contribution < 1.29 is 12.8 Å². The van der Waals surface area contributed by atoms with E-state index in [0.29, 0.717) is 31.1 Å². The van der Waals surface area contributed by atoms with Crippen LogP contribution in [0.5, 0.6) is 0 Å². The minimum atomic E-state index is -3.59. The van der Waals surface area contributed by atoms with Gasteiger partial charge in [0.1, 0.15) is 0 Å². The highest BCUT2D eigenvalue weighted by Crippen LogP contribution is 2.26. The maximum absolute atomic E-state index is 12.8. The average Bonchev–Trinajstić information content (AvgIpc) is 2.82. The molecular weight excluding hydrogens is 354 g/mol. The molecule has 1 atom stereocenters. The van der Waals surface area contributed by atoms with E-state index in [1.165, 1.54) is 21.0 Å². The van der Waals surface area contributed by atoms with Crippen molar-refractivity contribution in [1.29, 1.82) is 0 Å². The maximum atomic E-state index is 12.8. The summed E-state index contributed by atoms with van der Waals surface area (Å²) in [7, 11) is -2.00. The minimum absolute atomic E-state index is 0. The Labute approximate surface area is 146 Å². The number of oxazole rings is 1. The molecule has 1 aromatic heterocycles. The lowest BCUT2D eigenvalue weighted by Crippen LogP contribution is -2.40.